The summed E-state index contributed by atoms with van der Waals surface area (Å²) < 4.78 is 0. The lowest BCUT2D eigenvalue weighted by atomic mass is 10.1. The van der Waals surface area contributed by atoms with Crippen LogP contribution in [0.15, 0.2) is 71.7 Å². The van der Waals surface area contributed by atoms with Gasteiger partial charge in [-0.1, -0.05) is 60.7 Å². The molecule has 0 amide bonds. The zero-order valence-electron chi connectivity index (χ0n) is 12.1. The molecular weight excluding hydrogens is 288 g/mol. The quantitative estimate of drug-likeness (QED) is 0.617. The van der Waals surface area contributed by atoms with Gasteiger partial charge >= 0.3 is 0 Å². The smallest absolute Gasteiger partial charge is 0.266 e. The van der Waals surface area contributed by atoms with Crippen molar-refractivity contribution in [3.8, 4) is 22.6 Å². The lowest BCUT2D eigenvalue weighted by Gasteiger charge is -2.06. The SMILES string of the molecule is O=c1[nH]nc(-c2ccccc2)c2cnc(-c3ccccc3)nc12. The number of rotatable bonds is 2. The summed E-state index contributed by atoms with van der Waals surface area (Å²) >= 11 is 0. The number of nitrogens with one attached hydrogen (secondary N) is 1. The highest BCUT2D eigenvalue weighted by atomic mass is 16.1. The van der Waals surface area contributed by atoms with Gasteiger partial charge in [-0.3, -0.25) is 4.79 Å². The van der Waals surface area contributed by atoms with Gasteiger partial charge in [0.1, 0.15) is 11.2 Å². The van der Waals surface area contributed by atoms with Crippen molar-refractivity contribution in [2.75, 3.05) is 0 Å². The largest absolute Gasteiger partial charge is 0.290 e. The van der Waals surface area contributed by atoms with Gasteiger partial charge in [-0.05, 0) is 0 Å². The van der Waals surface area contributed by atoms with E-state index in [1.54, 1.807) is 6.20 Å². The summed E-state index contributed by atoms with van der Waals surface area (Å²) in [6.45, 7) is 0. The number of fused-ring (bicyclic) bond motifs is 1. The second-order valence-corrected chi connectivity index (χ2v) is 5.09. The standard InChI is InChI=1S/C18H12N4O/c23-18-16-14(15(21-22-18)12-7-3-1-4-8-12)11-19-17(20-16)13-9-5-2-6-10-13/h1-11H,(H,22,23). The summed E-state index contributed by atoms with van der Waals surface area (Å²) in [6.07, 6.45) is 1.66. The fraction of sp³-hybridized carbons (Fsp3) is 0. The Morgan fingerprint density at radius 2 is 1.48 bits per heavy atom. The molecule has 2 aromatic carbocycles. The topological polar surface area (TPSA) is 71.5 Å². The first-order valence-electron chi connectivity index (χ1n) is 7.19. The van der Waals surface area contributed by atoms with E-state index in [0.717, 1.165) is 11.1 Å². The molecule has 110 valence electrons. The van der Waals surface area contributed by atoms with E-state index in [9.17, 15) is 4.79 Å². The van der Waals surface area contributed by atoms with Crippen molar-refractivity contribution in [2.45, 2.75) is 0 Å². The van der Waals surface area contributed by atoms with E-state index >= 15 is 0 Å². The van der Waals surface area contributed by atoms with E-state index in [1.165, 1.54) is 0 Å². The van der Waals surface area contributed by atoms with Crippen LogP contribution in [-0.2, 0) is 0 Å². The molecule has 0 bridgehead atoms. The molecule has 4 aromatic rings. The fourth-order valence-corrected chi connectivity index (χ4v) is 2.49. The molecule has 0 aliphatic heterocycles. The van der Waals surface area contributed by atoms with Gasteiger partial charge in [-0.2, -0.15) is 5.10 Å². The van der Waals surface area contributed by atoms with Gasteiger partial charge in [-0.15, -0.1) is 0 Å². The first-order chi connectivity index (χ1) is 11.3. The minimum atomic E-state index is -0.320. The Kier molecular flexibility index (Phi) is 3.16. The van der Waals surface area contributed by atoms with Gasteiger partial charge in [0.2, 0.25) is 0 Å². The maximum absolute atomic E-state index is 12.1. The molecule has 5 heteroatoms. The Morgan fingerprint density at radius 1 is 0.826 bits per heavy atom. The Labute approximate surface area is 131 Å². The third-order valence-electron chi connectivity index (χ3n) is 3.61. The maximum atomic E-state index is 12.1. The van der Waals surface area contributed by atoms with Crippen LogP contribution in [0.4, 0.5) is 0 Å². The summed E-state index contributed by atoms with van der Waals surface area (Å²) in [7, 11) is 0. The minimum Gasteiger partial charge on any atom is -0.266 e. The van der Waals surface area contributed by atoms with Crippen molar-refractivity contribution in [1.29, 1.82) is 0 Å². The molecule has 1 N–H and O–H groups in total. The zero-order valence-corrected chi connectivity index (χ0v) is 12.1. The third kappa shape index (κ3) is 2.38. The Hall–Kier alpha value is -3.34. The van der Waals surface area contributed by atoms with Gasteiger partial charge in [0.25, 0.3) is 5.56 Å². The van der Waals surface area contributed by atoms with Crippen molar-refractivity contribution in [1.82, 2.24) is 20.2 Å². The number of nitrogens with zero attached hydrogens (tertiary/aromatic N) is 3. The molecule has 0 fully saturated rings. The highest BCUT2D eigenvalue weighted by Gasteiger charge is 2.12. The monoisotopic (exact) mass is 300 g/mol. The maximum Gasteiger partial charge on any atom is 0.290 e. The number of H-pyrrole nitrogens is 1. The van der Waals surface area contributed by atoms with E-state index < -0.39 is 0 Å². The third-order valence-corrected chi connectivity index (χ3v) is 3.61. The van der Waals surface area contributed by atoms with Crippen LogP contribution in [0.2, 0.25) is 0 Å². The summed E-state index contributed by atoms with van der Waals surface area (Å²) in [5.74, 6) is 0.522. The molecule has 0 aliphatic carbocycles. The molecule has 0 saturated heterocycles. The number of aromatic nitrogens is 4. The van der Waals surface area contributed by atoms with E-state index in [1.807, 2.05) is 60.7 Å². The van der Waals surface area contributed by atoms with E-state index in [-0.39, 0.29) is 5.56 Å². The Balaban J connectivity index is 1.97. The highest BCUT2D eigenvalue weighted by Crippen LogP contribution is 2.24. The van der Waals surface area contributed by atoms with Crippen LogP contribution in [0.25, 0.3) is 33.5 Å². The van der Waals surface area contributed by atoms with Gasteiger partial charge in [0.05, 0.1) is 5.39 Å². The molecule has 23 heavy (non-hydrogen) atoms. The molecule has 0 saturated carbocycles. The molecule has 0 atom stereocenters. The molecular formula is C18H12N4O. The van der Waals surface area contributed by atoms with Crippen LogP contribution in [-0.4, -0.2) is 20.2 Å². The minimum absolute atomic E-state index is 0.320. The number of hydrogen-bond donors (Lipinski definition) is 1. The van der Waals surface area contributed by atoms with E-state index in [4.69, 9.17) is 0 Å². The average molecular weight is 300 g/mol. The first kappa shape index (κ1) is 13.3. The first-order valence-corrected chi connectivity index (χ1v) is 7.19. The molecule has 5 nitrogen and oxygen atoms in total. The van der Waals surface area contributed by atoms with Crippen LogP contribution in [0.3, 0.4) is 0 Å². The van der Waals surface area contributed by atoms with Crippen LogP contribution >= 0.6 is 0 Å². The normalized spacial score (nSPS) is 10.8. The van der Waals surface area contributed by atoms with E-state index in [0.29, 0.717) is 22.4 Å². The lowest BCUT2D eigenvalue weighted by molar-refractivity contribution is 1.00. The van der Waals surface area contributed by atoms with Crippen molar-refractivity contribution < 1.29 is 0 Å². The van der Waals surface area contributed by atoms with Crippen molar-refractivity contribution in [2.24, 2.45) is 0 Å². The van der Waals surface area contributed by atoms with Crippen molar-refractivity contribution in [3.05, 3.63) is 77.2 Å². The van der Waals surface area contributed by atoms with Crippen molar-refractivity contribution in [3.63, 3.8) is 0 Å². The fourth-order valence-electron chi connectivity index (χ4n) is 2.49. The van der Waals surface area contributed by atoms with Crippen LogP contribution in [0.5, 0.6) is 0 Å². The summed E-state index contributed by atoms with van der Waals surface area (Å²) in [6, 6.07) is 19.2. The molecule has 0 spiro atoms. The lowest BCUT2D eigenvalue weighted by Crippen LogP contribution is -2.12. The van der Waals surface area contributed by atoms with Gasteiger partial charge < -0.3 is 0 Å². The molecule has 2 aromatic heterocycles. The van der Waals surface area contributed by atoms with Crippen LogP contribution in [0, 0.1) is 0 Å². The molecule has 4 rings (SSSR count). The summed E-state index contributed by atoms with van der Waals surface area (Å²) in [4.78, 5) is 21.0. The second kappa shape index (κ2) is 5.46. The number of hydrogen-bond acceptors (Lipinski definition) is 4. The van der Waals surface area contributed by atoms with Gasteiger partial charge in [0, 0.05) is 17.3 Å². The number of aromatic amines is 1. The van der Waals surface area contributed by atoms with Crippen LogP contribution in [0.1, 0.15) is 0 Å². The average Bonchev–Trinajstić information content (AvgIpc) is 2.63. The predicted octanol–water partition coefficient (Wildman–Crippen LogP) is 3.05. The molecule has 0 aliphatic rings. The Bertz CT molecular complexity index is 1030. The van der Waals surface area contributed by atoms with E-state index in [2.05, 4.69) is 20.2 Å². The van der Waals surface area contributed by atoms with Crippen molar-refractivity contribution >= 4 is 10.9 Å². The van der Waals surface area contributed by atoms with Gasteiger partial charge in [-0.25, -0.2) is 15.1 Å². The van der Waals surface area contributed by atoms with Gasteiger partial charge in [0.15, 0.2) is 5.82 Å². The molecule has 0 unspecified atom stereocenters. The number of benzene rings is 2. The Morgan fingerprint density at radius 3 is 2.17 bits per heavy atom. The second-order valence-electron chi connectivity index (χ2n) is 5.09. The van der Waals surface area contributed by atoms with Crippen LogP contribution < -0.4 is 5.56 Å². The summed E-state index contributed by atoms with van der Waals surface area (Å²) in [5.41, 5.74) is 2.46. The molecule has 0 radical (unpaired) electrons. The highest BCUT2D eigenvalue weighted by molar-refractivity contribution is 5.91. The summed E-state index contributed by atoms with van der Waals surface area (Å²) in [5, 5.41) is 7.32. The zero-order chi connectivity index (χ0) is 15.6. The predicted molar refractivity (Wildman–Crippen MR) is 88.8 cm³/mol. The molecule has 2 heterocycles.